The maximum absolute atomic E-state index is 12.6. The number of ether oxygens (including phenoxy) is 1. The van der Waals surface area contributed by atoms with E-state index in [-0.39, 0.29) is 11.4 Å². The lowest BCUT2D eigenvalue weighted by molar-refractivity contribution is 0.0342. The van der Waals surface area contributed by atoms with Crippen LogP contribution in [0.2, 0.25) is 0 Å². The fourth-order valence-electron chi connectivity index (χ4n) is 3.74. The van der Waals surface area contributed by atoms with Crippen LogP contribution >= 0.6 is 0 Å². The van der Waals surface area contributed by atoms with Crippen molar-refractivity contribution in [2.45, 2.75) is 45.7 Å². The summed E-state index contributed by atoms with van der Waals surface area (Å²) in [5, 5.41) is 3.47. The lowest BCUT2D eigenvalue weighted by atomic mass is 10.1. The number of amidine groups is 1. The van der Waals surface area contributed by atoms with Crippen molar-refractivity contribution in [1.29, 1.82) is 0 Å². The van der Waals surface area contributed by atoms with Crippen molar-refractivity contribution in [3.63, 3.8) is 0 Å². The molecule has 0 aliphatic carbocycles. The van der Waals surface area contributed by atoms with E-state index in [0.29, 0.717) is 11.6 Å². The minimum atomic E-state index is -0.239. The predicted octanol–water partition coefficient (Wildman–Crippen LogP) is 3.23. The summed E-state index contributed by atoms with van der Waals surface area (Å²) in [4.78, 5) is 22.2. The number of pyridine rings is 1. The molecule has 4 N–H and O–H groups in total. The molecule has 1 fully saturated rings. The third kappa shape index (κ3) is 5.93. The average Bonchev–Trinajstić information content (AvgIpc) is 2.74. The van der Waals surface area contributed by atoms with Crippen LogP contribution in [0.4, 0.5) is 11.4 Å². The van der Waals surface area contributed by atoms with Gasteiger partial charge in [-0.15, -0.1) is 0 Å². The molecule has 1 atom stereocenters. The average molecular weight is 412 g/mol. The van der Waals surface area contributed by atoms with Crippen molar-refractivity contribution < 1.29 is 4.74 Å². The van der Waals surface area contributed by atoms with Crippen LogP contribution in [-0.4, -0.2) is 48.1 Å². The number of H-pyrrole nitrogens is 1. The van der Waals surface area contributed by atoms with Crippen LogP contribution in [0.1, 0.15) is 44.2 Å². The van der Waals surface area contributed by atoms with E-state index in [1.807, 2.05) is 24.3 Å². The molecule has 1 aromatic heterocycles. The third-order valence-corrected chi connectivity index (χ3v) is 5.38. The van der Waals surface area contributed by atoms with Gasteiger partial charge in [-0.3, -0.25) is 9.69 Å². The number of morpholine rings is 1. The highest BCUT2D eigenvalue weighted by atomic mass is 16.5. The summed E-state index contributed by atoms with van der Waals surface area (Å²) in [6.07, 6.45) is 4.72. The summed E-state index contributed by atoms with van der Waals surface area (Å²) in [6, 6.07) is 10.1. The van der Waals surface area contributed by atoms with E-state index in [1.165, 1.54) is 5.56 Å². The number of rotatable bonds is 9. The fourth-order valence-corrected chi connectivity index (χ4v) is 3.74. The predicted molar refractivity (Wildman–Crippen MR) is 123 cm³/mol. The van der Waals surface area contributed by atoms with Crippen molar-refractivity contribution in [3.05, 3.63) is 58.0 Å². The Kier molecular flexibility index (Phi) is 8.04. The minimum Gasteiger partial charge on any atom is -0.383 e. The number of benzene rings is 1. The number of aromatic nitrogens is 1. The van der Waals surface area contributed by atoms with E-state index in [1.54, 1.807) is 6.20 Å². The van der Waals surface area contributed by atoms with E-state index < -0.39 is 0 Å². The van der Waals surface area contributed by atoms with Gasteiger partial charge in [-0.2, -0.15) is 0 Å². The summed E-state index contributed by atoms with van der Waals surface area (Å²) in [5.41, 5.74) is 9.11. The number of hydrogen-bond donors (Lipinski definition) is 3. The number of aliphatic imine (C=N–C) groups is 1. The third-order valence-electron chi connectivity index (χ3n) is 5.38. The standard InChI is InChI=1S/C23H33N5O2/c1-3-6-18(4-2)26-20-9-10-25-23(29)21(20)22(24)27-19-8-5-7-17(15-19)16-28-11-13-30-14-12-28/h5,7-10,15,18H,3-4,6,11-14,16H2,1-2H3,(H2,24,27)(H2,25,26,29)/t18-/m1/s1. The van der Waals surface area contributed by atoms with Gasteiger partial charge in [0, 0.05) is 31.9 Å². The zero-order valence-corrected chi connectivity index (χ0v) is 18.0. The Hall–Kier alpha value is -2.64. The molecule has 0 saturated carbocycles. The quantitative estimate of drug-likeness (QED) is 0.435. The molecule has 7 nitrogen and oxygen atoms in total. The van der Waals surface area contributed by atoms with Crippen LogP contribution in [0.25, 0.3) is 0 Å². The highest BCUT2D eigenvalue weighted by molar-refractivity contribution is 6.03. The van der Waals surface area contributed by atoms with Crippen LogP contribution in [0, 0.1) is 0 Å². The van der Waals surface area contributed by atoms with E-state index in [4.69, 9.17) is 10.5 Å². The summed E-state index contributed by atoms with van der Waals surface area (Å²) >= 11 is 0. The monoisotopic (exact) mass is 411 g/mol. The summed E-state index contributed by atoms with van der Waals surface area (Å²) in [7, 11) is 0. The van der Waals surface area contributed by atoms with Crippen LogP contribution < -0.4 is 16.6 Å². The Balaban J connectivity index is 1.83. The molecular formula is C23H33N5O2. The highest BCUT2D eigenvalue weighted by Crippen LogP contribution is 2.20. The van der Waals surface area contributed by atoms with Gasteiger partial charge in [-0.1, -0.05) is 32.4 Å². The van der Waals surface area contributed by atoms with Crippen molar-refractivity contribution in [3.8, 4) is 0 Å². The Morgan fingerprint density at radius 1 is 1.30 bits per heavy atom. The Morgan fingerprint density at radius 3 is 2.83 bits per heavy atom. The molecule has 1 saturated heterocycles. The maximum atomic E-state index is 12.6. The smallest absolute Gasteiger partial charge is 0.261 e. The normalized spacial score (nSPS) is 16.4. The van der Waals surface area contributed by atoms with Crippen molar-refractivity contribution >= 4 is 17.2 Å². The van der Waals surface area contributed by atoms with E-state index in [9.17, 15) is 4.79 Å². The maximum Gasteiger partial charge on any atom is 0.261 e. The fraction of sp³-hybridized carbons (Fsp3) is 0.478. The van der Waals surface area contributed by atoms with Crippen molar-refractivity contribution in [1.82, 2.24) is 9.88 Å². The van der Waals surface area contributed by atoms with E-state index in [0.717, 1.165) is 63.5 Å². The molecule has 0 radical (unpaired) electrons. The largest absolute Gasteiger partial charge is 0.383 e. The zero-order chi connectivity index (χ0) is 21.3. The number of hydrogen-bond acceptors (Lipinski definition) is 5. The first-order valence-corrected chi connectivity index (χ1v) is 10.8. The van der Waals surface area contributed by atoms with E-state index in [2.05, 4.69) is 40.1 Å². The first-order valence-electron chi connectivity index (χ1n) is 10.8. The Morgan fingerprint density at radius 2 is 2.10 bits per heavy atom. The molecule has 7 heteroatoms. The van der Waals surface area contributed by atoms with Gasteiger partial charge in [-0.05, 0) is 36.6 Å². The second-order valence-electron chi connectivity index (χ2n) is 7.69. The van der Waals surface area contributed by atoms with Gasteiger partial charge in [0.2, 0.25) is 0 Å². The lowest BCUT2D eigenvalue weighted by Gasteiger charge is -2.26. The second-order valence-corrected chi connectivity index (χ2v) is 7.69. The van der Waals surface area contributed by atoms with Gasteiger partial charge in [0.25, 0.3) is 5.56 Å². The number of anilines is 1. The van der Waals surface area contributed by atoms with Crippen LogP contribution in [0.5, 0.6) is 0 Å². The summed E-state index contributed by atoms with van der Waals surface area (Å²) < 4.78 is 5.42. The van der Waals surface area contributed by atoms with Crippen LogP contribution in [-0.2, 0) is 11.3 Å². The first kappa shape index (κ1) is 22.1. The topological polar surface area (TPSA) is 95.7 Å². The van der Waals surface area contributed by atoms with Gasteiger partial charge in [0.05, 0.1) is 24.6 Å². The molecule has 0 bridgehead atoms. The van der Waals surface area contributed by atoms with Crippen molar-refractivity contribution in [2.75, 3.05) is 31.6 Å². The molecule has 0 unspecified atom stereocenters. The van der Waals surface area contributed by atoms with Crippen LogP contribution in [0.3, 0.4) is 0 Å². The molecule has 2 aromatic rings. The molecule has 30 heavy (non-hydrogen) atoms. The number of nitrogens with two attached hydrogens (primary N) is 1. The van der Waals surface area contributed by atoms with Gasteiger partial charge in [0.15, 0.2) is 0 Å². The summed E-state index contributed by atoms with van der Waals surface area (Å²) in [5.74, 6) is 0.217. The minimum absolute atomic E-state index is 0.217. The zero-order valence-electron chi connectivity index (χ0n) is 18.0. The lowest BCUT2D eigenvalue weighted by Crippen LogP contribution is -2.35. The molecule has 1 aliphatic rings. The molecule has 1 aromatic carbocycles. The summed E-state index contributed by atoms with van der Waals surface area (Å²) in [6.45, 7) is 8.55. The van der Waals surface area contributed by atoms with Crippen LogP contribution in [0.15, 0.2) is 46.3 Å². The molecule has 1 aliphatic heterocycles. The molecule has 0 spiro atoms. The van der Waals surface area contributed by atoms with Gasteiger partial charge in [0.1, 0.15) is 11.4 Å². The van der Waals surface area contributed by atoms with E-state index >= 15 is 0 Å². The Bertz CT molecular complexity index is 902. The molecule has 2 heterocycles. The molecule has 0 amide bonds. The van der Waals surface area contributed by atoms with Gasteiger partial charge < -0.3 is 20.8 Å². The number of nitrogens with zero attached hydrogens (tertiary/aromatic N) is 2. The molecular weight excluding hydrogens is 378 g/mol. The first-order chi connectivity index (χ1) is 14.6. The SMILES string of the molecule is CCC[C@@H](CC)Nc1cc[nH]c(=O)c1C(N)=Nc1cccc(CN2CCOCC2)c1. The Labute approximate surface area is 178 Å². The highest BCUT2D eigenvalue weighted by Gasteiger charge is 2.15. The number of nitrogens with one attached hydrogen (secondary N) is 2. The van der Waals surface area contributed by atoms with Gasteiger partial charge in [-0.25, -0.2) is 4.99 Å². The van der Waals surface area contributed by atoms with Crippen molar-refractivity contribution in [2.24, 2.45) is 10.7 Å². The molecule has 162 valence electrons. The molecule has 3 rings (SSSR count). The van der Waals surface area contributed by atoms with Gasteiger partial charge >= 0.3 is 0 Å². The second kappa shape index (κ2) is 10.9. The number of aromatic amines is 1.